The highest BCUT2D eigenvalue weighted by atomic mass is 19.1. The van der Waals surface area contributed by atoms with Crippen LogP contribution < -0.4 is 10.5 Å². The smallest absolute Gasteiger partial charge is 0.255 e. The van der Waals surface area contributed by atoms with Crippen molar-refractivity contribution < 1.29 is 13.9 Å². The number of ether oxygens (including phenoxy) is 1. The molecule has 2 aromatic rings. The standard InChI is InChI=1S/C23H28FNO.CH3NO/c1-14-8-17-11-16(3)22(19(9-14)12-17)18-4-6-20(7-5-18)26-23-21(24)10-15(2)13-25-23;2-1-3/h4-7,10,13-14,16-17,19,22H,8-9,11-12H2,1-3H3;1H,(H2,2,3). The van der Waals surface area contributed by atoms with E-state index in [2.05, 4.69) is 36.7 Å². The fraction of sp³-hybridized carbons (Fsp3) is 0.500. The number of pyridine rings is 1. The molecule has 4 rings (SSSR count). The van der Waals surface area contributed by atoms with Gasteiger partial charge in [-0.3, -0.25) is 4.79 Å². The summed E-state index contributed by atoms with van der Waals surface area (Å²) in [5, 5.41) is 0. The Labute approximate surface area is 172 Å². The summed E-state index contributed by atoms with van der Waals surface area (Å²) in [6.07, 6.45) is 7.37. The van der Waals surface area contributed by atoms with E-state index in [0.29, 0.717) is 11.7 Å². The maximum atomic E-state index is 13.9. The van der Waals surface area contributed by atoms with Crippen LogP contribution in [0.5, 0.6) is 11.6 Å². The van der Waals surface area contributed by atoms with Crippen molar-refractivity contribution in [2.45, 2.75) is 52.4 Å². The van der Waals surface area contributed by atoms with Crippen LogP contribution in [0.1, 0.15) is 56.6 Å². The van der Waals surface area contributed by atoms with Crippen LogP contribution in [0.15, 0.2) is 36.5 Å². The Balaban J connectivity index is 0.000000755. The van der Waals surface area contributed by atoms with Gasteiger partial charge in [0, 0.05) is 6.20 Å². The lowest BCUT2D eigenvalue weighted by Crippen LogP contribution is -2.35. The van der Waals surface area contributed by atoms with Gasteiger partial charge >= 0.3 is 0 Å². The highest BCUT2D eigenvalue weighted by Crippen LogP contribution is 2.52. The van der Waals surface area contributed by atoms with Crippen LogP contribution in [-0.4, -0.2) is 11.4 Å². The summed E-state index contributed by atoms with van der Waals surface area (Å²) in [7, 11) is 0. The van der Waals surface area contributed by atoms with Crippen LogP contribution in [-0.2, 0) is 4.79 Å². The van der Waals surface area contributed by atoms with Crippen LogP contribution in [0.3, 0.4) is 0 Å². The molecule has 2 N–H and O–H groups in total. The first kappa shape index (κ1) is 21.3. The second-order valence-corrected chi connectivity index (χ2v) is 8.78. The van der Waals surface area contributed by atoms with Crippen LogP contribution >= 0.6 is 0 Å². The van der Waals surface area contributed by atoms with Gasteiger partial charge in [0.2, 0.25) is 6.41 Å². The number of hydrogen-bond donors (Lipinski definition) is 1. The lowest BCUT2D eigenvalue weighted by atomic mass is 9.59. The Morgan fingerprint density at radius 2 is 1.83 bits per heavy atom. The molecule has 29 heavy (non-hydrogen) atoms. The Morgan fingerprint density at radius 1 is 1.14 bits per heavy atom. The second-order valence-electron chi connectivity index (χ2n) is 8.78. The number of carbonyl (C=O) groups excluding carboxylic acids is 1. The first-order valence-corrected chi connectivity index (χ1v) is 10.5. The summed E-state index contributed by atoms with van der Waals surface area (Å²) in [5.74, 6) is 4.21. The van der Waals surface area contributed by atoms with Gasteiger partial charge in [-0.2, -0.15) is 0 Å². The van der Waals surface area contributed by atoms with Crippen molar-refractivity contribution >= 4 is 6.41 Å². The molecule has 4 nitrogen and oxygen atoms in total. The minimum absolute atomic E-state index is 0.0401. The number of carbonyl (C=O) groups is 1. The SMILES string of the molecule is Cc1cnc(Oc2ccc(C3C(C)CC4CC(C)CC3C4)cc2)c(F)c1.NC=O. The zero-order valence-electron chi connectivity index (χ0n) is 17.5. The molecule has 0 spiro atoms. The molecular formula is C24H31FN2O2. The maximum Gasteiger partial charge on any atom is 0.255 e. The van der Waals surface area contributed by atoms with Crippen molar-refractivity contribution in [1.82, 2.24) is 4.98 Å². The van der Waals surface area contributed by atoms with Gasteiger partial charge in [-0.15, -0.1) is 0 Å². The van der Waals surface area contributed by atoms with E-state index in [1.165, 1.54) is 37.3 Å². The number of fused-ring (bicyclic) bond motifs is 2. The third-order valence-corrected chi connectivity index (χ3v) is 6.33. The molecule has 0 aliphatic heterocycles. The second kappa shape index (κ2) is 9.38. The highest BCUT2D eigenvalue weighted by Gasteiger charge is 2.40. The van der Waals surface area contributed by atoms with Gasteiger partial charge < -0.3 is 10.5 Å². The average Bonchev–Trinajstić information content (AvgIpc) is 2.65. The number of rotatable bonds is 3. The Bertz CT molecular complexity index is 820. The molecule has 2 bridgehead atoms. The largest absolute Gasteiger partial charge is 0.436 e. The van der Waals surface area contributed by atoms with E-state index in [4.69, 9.17) is 9.53 Å². The number of aromatic nitrogens is 1. The van der Waals surface area contributed by atoms with Gasteiger partial charge in [0.1, 0.15) is 5.75 Å². The summed E-state index contributed by atoms with van der Waals surface area (Å²) >= 11 is 0. The summed E-state index contributed by atoms with van der Waals surface area (Å²) in [6.45, 7) is 6.64. The quantitative estimate of drug-likeness (QED) is 0.685. The van der Waals surface area contributed by atoms with Gasteiger partial charge in [0.05, 0.1) is 0 Å². The molecule has 1 aromatic heterocycles. The summed E-state index contributed by atoms with van der Waals surface area (Å²) < 4.78 is 19.6. The molecule has 2 aliphatic carbocycles. The minimum atomic E-state index is -0.419. The van der Waals surface area contributed by atoms with Crippen LogP contribution in [0.2, 0.25) is 0 Å². The molecule has 5 unspecified atom stereocenters. The maximum absolute atomic E-state index is 13.9. The number of aryl methyl sites for hydroxylation is 1. The number of nitrogens with two attached hydrogens (primary N) is 1. The normalized spacial score (nSPS) is 28.1. The Hall–Kier alpha value is -2.43. The van der Waals surface area contributed by atoms with E-state index in [9.17, 15) is 4.39 Å². The van der Waals surface area contributed by atoms with Crippen molar-refractivity contribution in [3.05, 3.63) is 53.5 Å². The van der Waals surface area contributed by atoms with Gasteiger partial charge in [-0.25, -0.2) is 9.37 Å². The first-order valence-electron chi connectivity index (χ1n) is 10.5. The first-order chi connectivity index (χ1) is 13.9. The van der Waals surface area contributed by atoms with Gasteiger partial charge in [-0.1, -0.05) is 26.0 Å². The van der Waals surface area contributed by atoms with Crippen molar-refractivity contribution in [2.24, 2.45) is 29.4 Å². The van der Waals surface area contributed by atoms with Crippen molar-refractivity contribution in [2.75, 3.05) is 0 Å². The number of halogens is 1. The number of amides is 1. The minimum Gasteiger partial charge on any atom is -0.436 e. The lowest BCUT2D eigenvalue weighted by Gasteiger charge is -2.46. The monoisotopic (exact) mass is 398 g/mol. The zero-order valence-corrected chi connectivity index (χ0v) is 17.5. The van der Waals surface area contributed by atoms with Gasteiger partial charge in [0.15, 0.2) is 5.82 Å². The highest BCUT2D eigenvalue weighted by molar-refractivity contribution is 5.42. The van der Waals surface area contributed by atoms with E-state index in [1.54, 1.807) is 6.20 Å². The van der Waals surface area contributed by atoms with E-state index >= 15 is 0 Å². The number of nitrogens with zero attached hydrogens (tertiary/aromatic N) is 1. The van der Waals surface area contributed by atoms with Crippen LogP contribution in [0.4, 0.5) is 4.39 Å². The molecule has 2 saturated carbocycles. The van der Waals surface area contributed by atoms with Crippen molar-refractivity contribution in [3.63, 3.8) is 0 Å². The molecule has 1 amide bonds. The fourth-order valence-electron chi connectivity index (χ4n) is 5.49. The van der Waals surface area contributed by atoms with E-state index in [1.807, 2.05) is 19.1 Å². The molecule has 0 radical (unpaired) electrons. The molecule has 0 saturated heterocycles. The number of benzene rings is 1. The lowest BCUT2D eigenvalue weighted by molar-refractivity contribution is -0.106. The zero-order chi connectivity index (χ0) is 21.0. The summed E-state index contributed by atoms with van der Waals surface area (Å²) in [5.41, 5.74) is 6.36. The van der Waals surface area contributed by atoms with Crippen molar-refractivity contribution in [3.8, 4) is 11.6 Å². The topological polar surface area (TPSA) is 65.2 Å². The average molecular weight is 399 g/mol. The molecule has 5 atom stereocenters. The molecule has 2 fully saturated rings. The van der Waals surface area contributed by atoms with E-state index < -0.39 is 5.82 Å². The molecule has 1 aromatic carbocycles. The predicted octanol–water partition coefficient (Wildman–Crippen LogP) is 5.60. The molecule has 1 heterocycles. The van der Waals surface area contributed by atoms with Gasteiger partial charge in [-0.05, 0) is 91.5 Å². The fourth-order valence-corrected chi connectivity index (χ4v) is 5.49. The van der Waals surface area contributed by atoms with Crippen LogP contribution in [0.25, 0.3) is 0 Å². The molecule has 5 heteroatoms. The predicted molar refractivity (Wildman–Crippen MR) is 112 cm³/mol. The van der Waals surface area contributed by atoms with E-state index in [-0.39, 0.29) is 12.3 Å². The third kappa shape index (κ3) is 5.14. The molecular weight excluding hydrogens is 367 g/mol. The van der Waals surface area contributed by atoms with E-state index in [0.717, 1.165) is 29.2 Å². The molecule has 156 valence electrons. The van der Waals surface area contributed by atoms with Gasteiger partial charge in [0.25, 0.3) is 5.88 Å². The number of hydrogen-bond acceptors (Lipinski definition) is 3. The molecule has 2 aliphatic rings. The van der Waals surface area contributed by atoms with Crippen LogP contribution in [0, 0.1) is 36.4 Å². The van der Waals surface area contributed by atoms with Crippen molar-refractivity contribution in [1.29, 1.82) is 0 Å². The number of primary amides is 1. The summed E-state index contributed by atoms with van der Waals surface area (Å²) in [4.78, 5) is 12.6. The Kier molecular flexibility index (Phi) is 6.88. The third-order valence-electron chi connectivity index (χ3n) is 6.33. The Morgan fingerprint density at radius 3 is 2.48 bits per heavy atom. The summed E-state index contributed by atoms with van der Waals surface area (Å²) in [6, 6.07) is 9.70.